The fraction of sp³-hybridized carbons (Fsp3) is 0.316. The Balaban J connectivity index is 2.10. The number of Topliss-reactive ketones (excluding diaryl/α,β-unsaturated/α-hetero) is 1. The first-order valence-corrected chi connectivity index (χ1v) is 9.68. The molecule has 3 aromatic rings. The number of aromatic amines is 1. The molecule has 0 saturated heterocycles. The van der Waals surface area contributed by atoms with Gasteiger partial charge < -0.3 is 10.1 Å². The van der Waals surface area contributed by atoms with Gasteiger partial charge in [-0.2, -0.15) is 23.4 Å². The summed E-state index contributed by atoms with van der Waals surface area (Å²) in [6.45, 7) is 3.47. The first-order chi connectivity index (χ1) is 15.3. The zero-order chi connectivity index (χ0) is 24.7. The first kappa shape index (κ1) is 24.2. The lowest BCUT2D eigenvalue weighted by atomic mass is 10.1. The van der Waals surface area contributed by atoms with Crippen LogP contribution in [-0.2, 0) is 7.05 Å². The van der Waals surface area contributed by atoms with Crippen LogP contribution in [0.15, 0.2) is 12.1 Å². The zero-order valence-corrected chi connectivity index (χ0v) is 18.4. The van der Waals surface area contributed by atoms with Crippen molar-refractivity contribution < 1.29 is 31.9 Å². The van der Waals surface area contributed by atoms with Gasteiger partial charge in [0.15, 0.2) is 23.5 Å². The fourth-order valence-electron chi connectivity index (χ4n) is 2.79. The summed E-state index contributed by atoms with van der Waals surface area (Å²) >= 11 is 5.91. The molecule has 0 fully saturated rings. The number of anilines is 1. The van der Waals surface area contributed by atoms with Crippen LogP contribution in [0.25, 0.3) is 11.4 Å². The minimum atomic E-state index is -4.77. The van der Waals surface area contributed by atoms with Crippen molar-refractivity contribution in [2.75, 3.05) is 5.32 Å². The smallest absolute Gasteiger partial charge is 0.425 e. The highest BCUT2D eigenvalue weighted by Gasteiger charge is 2.39. The van der Waals surface area contributed by atoms with E-state index in [1.807, 2.05) is 0 Å². The van der Waals surface area contributed by atoms with Crippen LogP contribution >= 0.6 is 11.6 Å². The Hall–Kier alpha value is -3.48. The monoisotopic (exact) mass is 488 g/mol. The van der Waals surface area contributed by atoms with E-state index in [0.717, 1.165) is 17.7 Å². The largest absolute Gasteiger partial charge is 0.480 e. The van der Waals surface area contributed by atoms with E-state index < -0.39 is 41.1 Å². The van der Waals surface area contributed by atoms with Crippen LogP contribution in [-0.4, -0.2) is 48.9 Å². The number of carbonyl (C=O) groups excluding carboxylic acids is 2. The number of amides is 1. The second kappa shape index (κ2) is 8.81. The number of aryl methyl sites for hydroxylation is 2. The average Bonchev–Trinajstić information content (AvgIpc) is 3.25. The van der Waals surface area contributed by atoms with E-state index in [-0.39, 0.29) is 28.1 Å². The number of aromatic nitrogens is 5. The van der Waals surface area contributed by atoms with Gasteiger partial charge in [-0.3, -0.25) is 14.7 Å². The molecular formula is C19H17ClF4N6O3. The van der Waals surface area contributed by atoms with Gasteiger partial charge in [-0.15, -0.1) is 0 Å². The molecule has 3 rings (SSSR count). The average molecular weight is 489 g/mol. The molecular weight excluding hydrogens is 472 g/mol. The third-order valence-corrected chi connectivity index (χ3v) is 4.81. The third kappa shape index (κ3) is 4.97. The zero-order valence-electron chi connectivity index (χ0n) is 17.6. The molecule has 0 aliphatic rings. The van der Waals surface area contributed by atoms with E-state index in [0.29, 0.717) is 11.8 Å². The number of halogens is 5. The summed E-state index contributed by atoms with van der Waals surface area (Å²) in [5, 5.41) is 12.5. The predicted octanol–water partition coefficient (Wildman–Crippen LogP) is 4.09. The molecule has 1 atom stereocenters. The van der Waals surface area contributed by atoms with Gasteiger partial charge in [0.05, 0.1) is 16.8 Å². The fourth-order valence-corrected chi connectivity index (χ4v) is 3.02. The van der Waals surface area contributed by atoms with Gasteiger partial charge in [0.25, 0.3) is 5.91 Å². The Morgan fingerprint density at radius 1 is 1.30 bits per heavy atom. The highest BCUT2D eigenvalue weighted by molar-refractivity contribution is 6.33. The lowest BCUT2D eigenvalue weighted by Crippen LogP contribution is -2.32. The maximum atomic E-state index is 15.0. The number of H-pyrrole nitrogens is 1. The lowest BCUT2D eigenvalue weighted by molar-refractivity contribution is -0.189. The normalized spacial score (nSPS) is 12.5. The molecule has 176 valence electrons. The number of hydrogen-bond donors (Lipinski definition) is 2. The van der Waals surface area contributed by atoms with E-state index in [1.165, 1.54) is 20.9 Å². The minimum absolute atomic E-state index is 0.0292. The molecule has 0 radical (unpaired) electrons. The molecule has 1 aromatic carbocycles. The van der Waals surface area contributed by atoms with E-state index in [9.17, 15) is 27.2 Å². The van der Waals surface area contributed by atoms with Crippen molar-refractivity contribution >= 4 is 29.0 Å². The van der Waals surface area contributed by atoms with E-state index in [1.54, 1.807) is 0 Å². The number of benzene rings is 1. The van der Waals surface area contributed by atoms with Crippen molar-refractivity contribution in [3.05, 3.63) is 40.2 Å². The molecule has 0 bridgehead atoms. The van der Waals surface area contributed by atoms with Gasteiger partial charge in [-0.1, -0.05) is 11.6 Å². The number of rotatable bonds is 6. The number of carbonyl (C=O) groups is 2. The van der Waals surface area contributed by atoms with Crippen LogP contribution in [0, 0.1) is 12.7 Å². The summed E-state index contributed by atoms with van der Waals surface area (Å²) in [6.07, 6.45) is -7.09. The second-order valence-electron chi connectivity index (χ2n) is 7.02. The van der Waals surface area contributed by atoms with Crippen LogP contribution in [0.3, 0.4) is 0 Å². The topological polar surface area (TPSA) is 115 Å². The van der Waals surface area contributed by atoms with Crippen LogP contribution < -0.4 is 10.1 Å². The Kier molecular flexibility index (Phi) is 6.45. The number of nitrogens with one attached hydrogen (secondary N) is 2. The van der Waals surface area contributed by atoms with Crippen molar-refractivity contribution in [2.24, 2.45) is 7.05 Å². The number of hydrogen-bond acceptors (Lipinski definition) is 6. The van der Waals surface area contributed by atoms with Gasteiger partial charge in [-0.05, 0) is 26.0 Å². The van der Waals surface area contributed by atoms with E-state index >= 15 is 0 Å². The summed E-state index contributed by atoms with van der Waals surface area (Å²) in [7, 11) is 1.40. The van der Waals surface area contributed by atoms with Gasteiger partial charge in [0.1, 0.15) is 22.4 Å². The minimum Gasteiger partial charge on any atom is -0.480 e. The molecule has 33 heavy (non-hydrogen) atoms. The highest BCUT2D eigenvalue weighted by atomic mass is 35.5. The molecule has 0 saturated carbocycles. The summed E-state index contributed by atoms with van der Waals surface area (Å²) in [5.74, 6) is -3.42. The van der Waals surface area contributed by atoms with Crippen molar-refractivity contribution in [3.8, 4) is 17.1 Å². The van der Waals surface area contributed by atoms with E-state index in [2.05, 4.69) is 25.6 Å². The molecule has 9 nitrogen and oxygen atoms in total. The number of ketones is 1. The molecule has 0 aliphatic heterocycles. The summed E-state index contributed by atoms with van der Waals surface area (Å²) in [4.78, 5) is 28.3. The molecule has 2 heterocycles. The Bertz CT molecular complexity index is 1220. The highest BCUT2D eigenvalue weighted by Crippen LogP contribution is 2.33. The molecule has 2 N–H and O–H groups in total. The molecule has 1 amide bonds. The van der Waals surface area contributed by atoms with Crippen LogP contribution in [0.5, 0.6) is 5.75 Å². The van der Waals surface area contributed by atoms with Crippen LogP contribution in [0.2, 0.25) is 5.15 Å². The molecule has 0 unspecified atom stereocenters. The van der Waals surface area contributed by atoms with Crippen molar-refractivity contribution in [1.82, 2.24) is 25.0 Å². The standard InChI is InChI=1S/C19H17ClF4N6O3/c1-7-14(15(20)28-27-7)25-18(32)11-5-12(21)10(6-13(11)33-9(3)19(22,23)24)16-26-17(8(2)31)30(4)29-16/h5-6,9H,1-4H3,(H,25,32)(H,27,28)/t9-/m0/s1. The van der Waals surface area contributed by atoms with Crippen LogP contribution in [0.1, 0.15) is 40.5 Å². The third-order valence-electron chi connectivity index (χ3n) is 4.54. The number of alkyl halides is 3. The number of ether oxygens (including phenoxy) is 1. The lowest BCUT2D eigenvalue weighted by Gasteiger charge is -2.20. The van der Waals surface area contributed by atoms with Gasteiger partial charge in [0.2, 0.25) is 0 Å². The molecule has 0 aliphatic carbocycles. The molecule has 0 spiro atoms. The van der Waals surface area contributed by atoms with E-state index in [4.69, 9.17) is 16.3 Å². The number of nitrogens with zero attached hydrogens (tertiary/aromatic N) is 4. The Morgan fingerprint density at radius 3 is 2.48 bits per heavy atom. The Morgan fingerprint density at radius 2 is 1.97 bits per heavy atom. The first-order valence-electron chi connectivity index (χ1n) is 9.30. The van der Waals surface area contributed by atoms with Crippen molar-refractivity contribution in [2.45, 2.75) is 33.1 Å². The summed E-state index contributed by atoms with van der Waals surface area (Å²) < 4.78 is 60.4. The van der Waals surface area contributed by atoms with Crippen molar-refractivity contribution in [3.63, 3.8) is 0 Å². The van der Waals surface area contributed by atoms with Gasteiger partial charge in [-0.25, -0.2) is 14.1 Å². The van der Waals surface area contributed by atoms with Gasteiger partial charge in [0, 0.05) is 14.0 Å². The maximum Gasteiger partial charge on any atom is 0.425 e. The van der Waals surface area contributed by atoms with Crippen molar-refractivity contribution in [1.29, 1.82) is 0 Å². The molecule has 2 aromatic heterocycles. The SMILES string of the molecule is CC(=O)c1nc(-c2cc(O[C@@H](C)C(F)(F)F)c(C(=O)Nc3c(C)n[nH]c3Cl)cc2F)nn1C. The second-order valence-corrected chi connectivity index (χ2v) is 7.40. The maximum absolute atomic E-state index is 15.0. The van der Waals surface area contributed by atoms with Crippen LogP contribution in [0.4, 0.5) is 23.2 Å². The summed E-state index contributed by atoms with van der Waals surface area (Å²) in [5.41, 5.74) is -0.534. The quantitative estimate of drug-likeness (QED) is 0.399. The Labute approximate surface area is 189 Å². The predicted molar refractivity (Wildman–Crippen MR) is 109 cm³/mol. The molecule has 14 heteroatoms. The van der Waals surface area contributed by atoms with Gasteiger partial charge >= 0.3 is 6.18 Å². The summed E-state index contributed by atoms with van der Waals surface area (Å²) in [6, 6.07) is 1.56.